The molecule has 122 valence electrons. The lowest BCUT2D eigenvalue weighted by Gasteiger charge is -2.38. The number of aliphatic hydroxyl groups excluding tert-OH is 1. The van der Waals surface area contributed by atoms with Gasteiger partial charge in [0.25, 0.3) is 5.91 Å². The van der Waals surface area contributed by atoms with Crippen molar-refractivity contribution in [2.45, 2.75) is 39.2 Å². The summed E-state index contributed by atoms with van der Waals surface area (Å²) in [5, 5.41) is 10.2. The largest absolute Gasteiger partial charge is 0.378 e. The van der Waals surface area contributed by atoms with Crippen molar-refractivity contribution in [1.82, 2.24) is 4.90 Å². The van der Waals surface area contributed by atoms with Gasteiger partial charge in [0.1, 0.15) is 0 Å². The number of likely N-dealkylation sites (tertiary alicyclic amines) is 1. The lowest BCUT2D eigenvalue weighted by molar-refractivity contribution is -0.143. The van der Waals surface area contributed by atoms with Crippen LogP contribution in [0.4, 0.5) is 8.78 Å². The minimum atomic E-state index is -1.44. The average molecular weight is 311 g/mol. The zero-order valence-electron chi connectivity index (χ0n) is 13.1. The van der Waals surface area contributed by atoms with Crippen LogP contribution in [-0.4, -0.2) is 29.0 Å². The third kappa shape index (κ3) is 3.64. The molecule has 5 heteroatoms. The van der Waals surface area contributed by atoms with Gasteiger partial charge in [-0.05, 0) is 42.4 Å². The maximum atomic E-state index is 13.2. The first-order valence-corrected chi connectivity index (χ1v) is 7.85. The molecule has 1 fully saturated rings. The molecular formula is C17H23F2NO2. The third-order valence-corrected chi connectivity index (χ3v) is 4.58. The number of hydrogen-bond acceptors (Lipinski definition) is 2. The van der Waals surface area contributed by atoms with Crippen molar-refractivity contribution in [3.8, 4) is 0 Å². The highest BCUT2D eigenvalue weighted by Crippen LogP contribution is 2.29. The number of halogens is 2. The predicted molar refractivity (Wildman–Crippen MR) is 80.1 cm³/mol. The molecule has 1 aliphatic heterocycles. The maximum absolute atomic E-state index is 13.2. The van der Waals surface area contributed by atoms with Crippen LogP contribution >= 0.6 is 0 Å². The molecule has 1 aromatic carbocycles. The van der Waals surface area contributed by atoms with Gasteiger partial charge in [0, 0.05) is 13.1 Å². The molecule has 3 nitrogen and oxygen atoms in total. The van der Waals surface area contributed by atoms with Gasteiger partial charge >= 0.3 is 0 Å². The topological polar surface area (TPSA) is 40.5 Å². The Morgan fingerprint density at radius 2 is 2.14 bits per heavy atom. The highest BCUT2D eigenvalue weighted by atomic mass is 19.2. The van der Waals surface area contributed by atoms with Crippen molar-refractivity contribution in [2.24, 2.45) is 11.8 Å². The van der Waals surface area contributed by atoms with Gasteiger partial charge in [0.05, 0.1) is 0 Å². The Kier molecular flexibility index (Phi) is 5.51. The van der Waals surface area contributed by atoms with E-state index in [4.69, 9.17) is 0 Å². The van der Waals surface area contributed by atoms with Crippen molar-refractivity contribution in [3.05, 3.63) is 35.4 Å². The van der Waals surface area contributed by atoms with E-state index in [9.17, 15) is 18.7 Å². The van der Waals surface area contributed by atoms with Gasteiger partial charge in [-0.2, -0.15) is 0 Å². The zero-order valence-corrected chi connectivity index (χ0v) is 13.1. The molecule has 0 radical (unpaired) electrons. The van der Waals surface area contributed by atoms with Gasteiger partial charge in [0.15, 0.2) is 17.7 Å². The fourth-order valence-electron chi connectivity index (χ4n) is 3.09. The van der Waals surface area contributed by atoms with Gasteiger partial charge < -0.3 is 10.0 Å². The van der Waals surface area contributed by atoms with Gasteiger partial charge in [0.2, 0.25) is 0 Å². The van der Waals surface area contributed by atoms with Gasteiger partial charge in [-0.1, -0.05) is 26.3 Å². The van der Waals surface area contributed by atoms with E-state index in [1.165, 1.54) is 6.07 Å². The van der Waals surface area contributed by atoms with Crippen LogP contribution in [0, 0.1) is 23.5 Å². The van der Waals surface area contributed by atoms with Crippen molar-refractivity contribution >= 4 is 5.91 Å². The molecule has 1 saturated heterocycles. The minimum absolute atomic E-state index is 0.0922. The molecule has 1 heterocycles. The Labute approximate surface area is 129 Å². The summed E-state index contributed by atoms with van der Waals surface area (Å²) >= 11 is 0. The quantitative estimate of drug-likeness (QED) is 0.927. The van der Waals surface area contributed by atoms with Gasteiger partial charge in [-0.25, -0.2) is 8.78 Å². The Bertz CT molecular complexity index is 535. The second kappa shape index (κ2) is 7.18. The number of nitrogens with zero attached hydrogens (tertiary/aromatic N) is 1. The number of amides is 1. The normalized spacial score (nSPS) is 23.4. The second-order valence-corrected chi connectivity index (χ2v) is 6.18. The van der Waals surface area contributed by atoms with Crippen LogP contribution < -0.4 is 0 Å². The summed E-state index contributed by atoms with van der Waals surface area (Å²) in [6.07, 6.45) is 1.57. The van der Waals surface area contributed by atoms with E-state index < -0.39 is 23.6 Å². The summed E-state index contributed by atoms with van der Waals surface area (Å²) in [7, 11) is 0. The van der Waals surface area contributed by atoms with Crippen LogP contribution in [0.25, 0.3) is 0 Å². The minimum Gasteiger partial charge on any atom is -0.378 e. The molecule has 0 saturated carbocycles. The molecule has 1 aliphatic rings. The number of carbonyl (C=O) groups excluding carboxylic acids is 1. The Hall–Kier alpha value is -1.49. The van der Waals surface area contributed by atoms with E-state index in [1.807, 2.05) is 0 Å². The molecule has 0 spiro atoms. The smallest absolute Gasteiger partial charge is 0.256 e. The molecule has 22 heavy (non-hydrogen) atoms. The van der Waals surface area contributed by atoms with Crippen LogP contribution in [0.1, 0.15) is 44.8 Å². The van der Waals surface area contributed by atoms with Crippen LogP contribution in [0.3, 0.4) is 0 Å². The first-order valence-electron chi connectivity index (χ1n) is 7.85. The highest BCUT2D eigenvalue weighted by molar-refractivity contribution is 5.82. The monoisotopic (exact) mass is 311 g/mol. The Balaban J connectivity index is 2.08. The van der Waals surface area contributed by atoms with Crippen molar-refractivity contribution in [3.63, 3.8) is 0 Å². The Morgan fingerprint density at radius 1 is 1.41 bits per heavy atom. The lowest BCUT2D eigenvalue weighted by atomic mass is 9.84. The molecule has 1 N–H and O–H groups in total. The fourth-order valence-corrected chi connectivity index (χ4v) is 3.09. The number of rotatable bonds is 4. The number of benzene rings is 1. The number of carbonyl (C=O) groups is 1. The average Bonchev–Trinajstić information content (AvgIpc) is 2.51. The molecule has 1 aromatic rings. The van der Waals surface area contributed by atoms with E-state index in [1.54, 1.807) is 4.90 Å². The third-order valence-electron chi connectivity index (χ3n) is 4.58. The van der Waals surface area contributed by atoms with Crippen molar-refractivity contribution in [2.75, 3.05) is 13.1 Å². The lowest BCUT2D eigenvalue weighted by Crippen LogP contribution is -2.45. The van der Waals surface area contributed by atoms with Crippen molar-refractivity contribution in [1.29, 1.82) is 0 Å². The van der Waals surface area contributed by atoms with Crippen molar-refractivity contribution < 1.29 is 18.7 Å². The van der Waals surface area contributed by atoms with Crippen LogP contribution in [0.5, 0.6) is 0 Å². The summed E-state index contributed by atoms with van der Waals surface area (Å²) in [4.78, 5) is 14.1. The highest BCUT2D eigenvalue weighted by Gasteiger charge is 2.31. The number of aliphatic hydroxyl groups is 1. The molecular weight excluding hydrogens is 288 g/mol. The zero-order chi connectivity index (χ0) is 16.3. The van der Waals surface area contributed by atoms with Crippen LogP contribution in [0.15, 0.2) is 18.2 Å². The van der Waals surface area contributed by atoms with Gasteiger partial charge in [-0.3, -0.25) is 4.79 Å². The van der Waals surface area contributed by atoms with E-state index in [0.29, 0.717) is 24.9 Å². The fraction of sp³-hybridized carbons (Fsp3) is 0.588. The van der Waals surface area contributed by atoms with Gasteiger partial charge in [-0.15, -0.1) is 0 Å². The summed E-state index contributed by atoms with van der Waals surface area (Å²) < 4.78 is 26.2. The second-order valence-electron chi connectivity index (χ2n) is 6.18. The Morgan fingerprint density at radius 3 is 2.77 bits per heavy atom. The van der Waals surface area contributed by atoms with E-state index in [0.717, 1.165) is 31.4 Å². The summed E-state index contributed by atoms with van der Waals surface area (Å²) in [5.41, 5.74) is 0.0922. The standard InChI is InChI=1S/C17H23F2NO2/c1-3-4-13-10-20(8-7-11(13)2)17(22)16(21)12-5-6-14(18)15(19)9-12/h5-6,9,11,13,16,21H,3-4,7-8,10H2,1-2H3. The number of hydrogen-bond donors (Lipinski definition) is 1. The molecule has 3 unspecified atom stereocenters. The molecule has 0 bridgehead atoms. The van der Waals surface area contributed by atoms with Crippen LogP contribution in [-0.2, 0) is 4.79 Å². The molecule has 2 rings (SSSR count). The number of piperidine rings is 1. The van der Waals surface area contributed by atoms with E-state index in [2.05, 4.69) is 13.8 Å². The molecule has 0 aliphatic carbocycles. The summed E-state index contributed by atoms with van der Waals surface area (Å²) in [6, 6.07) is 3.06. The summed E-state index contributed by atoms with van der Waals surface area (Å²) in [5.74, 6) is -1.48. The van der Waals surface area contributed by atoms with Crippen LogP contribution in [0.2, 0.25) is 0 Å². The molecule has 3 atom stereocenters. The molecule has 1 amide bonds. The SMILES string of the molecule is CCCC1CN(C(=O)C(O)c2ccc(F)c(F)c2)CCC1C. The van der Waals surface area contributed by atoms with E-state index in [-0.39, 0.29) is 5.56 Å². The summed E-state index contributed by atoms with van der Waals surface area (Å²) in [6.45, 7) is 5.52. The first-order chi connectivity index (χ1) is 10.4. The predicted octanol–water partition coefficient (Wildman–Crippen LogP) is 3.28. The van der Waals surface area contributed by atoms with E-state index >= 15 is 0 Å². The molecule has 0 aromatic heterocycles. The maximum Gasteiger partial charge on any atom is 0.256 e. The first kappa shape index (κ1) is 16.9.